The number of hydrogen-bond donors (Lipinski definition) is 1. The van der Waals surface area contributed by atoms with Gasteiger partial charge in [-0.15, -0.1) is 0 Å². The second-order valence-electron chi connectivity index (χ2n) is 2.13. The van der Waals surface area contributed by atoms with Crippen molar-refractivity contribution < 1.29 is 13.9 Å². The highest BCUT2D eigenvalue weighted by molar-refractivity contribution is 9.10. The number of hydrogen-bond acceptors (Lipinski definition) is 3. The van der Waals surface area contributed by atoms with Crippen LogP contribution in [0.3, 0.4) is 0 Å². The van der Waals surface area contributed by atoms with Gasteiger partial charge in [0.1, 0.15) is 17.3 Å². The SMILES string of the molecule is N#Cc1c(O)cnc(C(F)F)c1Br. The number of nitrogens with zero attached hydrogens (tertiary/aromatic N) is 2. The summed E-state index contributed by atoms with van der Waals surface area (Å²) >= 11 is 2.77. The fourth-order valence-corrected chi connectivity index (χ4v) is 1.32. The highest BCUT2D eigenvalue weighted by atomic mass is 79.9. The molecule has 0 fully saturated rings. The second-order valence-corrected chi connectivity index (χ2v) is 2.92. The topological polar surface area (TPSA) is 56.9 Å². The predicted octanol–water partition coefficient (Wildman–Crippen LogP) is 2.36. The van der Waals surface area contributed by atoms with E-state index in [0.29, 0.717) is 0 Å². The van der Waals surface area contributed by atoms with Crippen molar-refractivity contribution in [1.29, 1.82) is 5.26 Å². The van der Waals surface area contributed by atoms with Gasteiger partial charge < -0.3 is 5.11 Å². The second kappa shape index (κ2) is 3.66. The lowest BCUT2D eigenvalue weighted by Crippen LogP contribution is -1.94. The summed E-state index contributed by atoms with van der Waals surface area (Å²) in [4.78, 5) is 3.29. The molecule has 1 N–H and O–H groups in total. The average molecular weight is 249 g/mol. The standard InChI is InChI=1S/C7H3BrF2N2O/c8-5-3(1-11)4(13)2-12-6(5)7(9)10/h2,7,13H. The Bertz CT molecular complexity index is 375. The van der Waals surface area contributed by atoms with Gasteiger partial charge in [-0.3, -0.25) is 4.98 Å². The number of aromatic hydroxyl groups is 1. The first kappa shape index (κ1) is 9.86. The third-order valence-electron chi connectivity index (χ3n) is 1.34. The minimum Gasteiger partial charge on any atom is -0.505 e. The Kier molecular flexibility index (Phi) is 2.78. The first-order chi connectivity index (χ1) is 6.07. The van der Waals surface area contributed by atoms with Crippen LogP contribution in [0.25, 0.3) is 0 Å². The maximum atomic E-state index is 12.2. The lowest BCUT2D eigenvalue weighted by atomic mass is 10.2. The van der Waals surface area contributed by atoms with E-state index in [2.05, 4.69) is 20.9 Å². The van der Waals surface area contributed by atoms with Gasteiger partial charge in [-0.25, -0.2) is 8.78 Å². The molecule has 0 saturated heterocycles. The average Bonchev–Trinajstić information content (AvgIpc) is 2.04. The van der Waals surface area contributed by atoms with E-state index in [9.17, 15) is 8.78 Å². The van der Waals surface area contributed by atoms with Crippen LogP contribution in [0, 0.1) is 11.3 Å². The van der Waals surface area contributed by atoms with Crippen LogP contribution >= 0.6 is 15.9 Å². The molecular formula is C7H3BrF2N2O. The highest BCUT2D eigenvalue weighted by Gasteiger charge is 2.18. The van der Waals surface area contributed by atoms with Crippen LogP contribution in [-0.2, 0) is 0 Å². The van der Waals surface area contributed by atoms with Crippen molar-refractivity contribution in [3.05, 3.63) is 21.9 Å². The number of halogens is 3. The van der Waals surface area contributed by atoms with Gasteiger partial charge in [0.05, 0.1) is 10.7 Å². The van der Waals surface area contributed by atoms with Crippen molar-refractivity contribution in [3.8, 4) is 11.8 Å². The van der Waals surface area contributed by atoms with Crippen LogP contribution in [0.15, 0.2) is 10.7 Å². The maximum Gasteiger partial charge on any atom is 0.281 e. The van der Waals surface area contributed by atoms with Crippen molar-refractivity contribution in [1.82, 2.24) is 4.98 Å². The van der Waals surface area contributed by atoms with E-state index in [1.54, 1.807) is 6.07 Å². The normalized spacial score (nSPS) is 10.1. The molecule has 0 unspecified atom stereocenters. The van der Waals surface area contributed by atoms with Gasteiger partial charge >= 0.3 is 0 Å². The van der Waals surface area contributed by atoms with Crippen LogP contribution in [0.4, 0.5) is 8.78 Å². The number of rotatable bonds is 1. The molecule has 0 saturated carbocycles. The summed E-state index contributed by atoms with van der Waals surface area (Å²) in [6.07, 6.45) is -1.95. The molecule has 68 valence electrons. The van der Waals surface area contributed by atoms with Gasteiger partial charge in [-0.05, 0) is 15.9 Å². The summed E-state index contributed by atoms with van der Waals surface area (Å²) in [6.45, 7) is 0. The molecule has 0 amide bonds. The lowest BCUT2D eigenvalue weighted by molar-refractivity contribution is 0.145. The molecule has 0 radical (unpaired) electrons. The van der Waals surface area contributed by atoms with Gasteiger partial charge in [0.15, 0.2) is 5.75 Å². The third-order valence-corrected chi connectivity index (χ3v) is 2.15. The fraction of sp³-hybridized carbons (Fsp3) is 0.143. The van der Waals surface area contributed by atoms with E-state index in [-0.39, 0.29) is 10.0 Å². The highest BCUT2D eigenvalue weighted by Crippen LogP contribution is 2.32. The molecule has 0 aliphatic carbocycles. The molecule has 1 heterocycles. The Hall–Kier alpha value is -1.22. The molecule has 0 aromatic carbocycles. The third kappa shape index (κ3) is 1.75. The first-order valence-corrected chi connectivity index (χ1v) is 3.92. The quantitative estimate of drug-likeness (QED) is 0.830. The minimum atomic E-state index is -2.78. The van der Waals surface area contributed by atoms with Gasteiger partial charge in [-0.2, -0.15) is 5.26 Å². The molecule has 1 rings (SSSR count). The summed E-state index contributed by atoms with van der Waals surface area (Å²) in [6, 6.07) is 1.59. The Balaban J connectivity index is 3.38. The molecule has 0 atom stereocenters. The largest absolute Gasteiger partial charge is 0.505 e. The van der Waals surface area contributed by atoms with E-state index < -0.39 is 17.9 Å². The summed E-state index contributed by atoms with van der Waals surface area (Å²) in [5, 5.41) is 17.5. The molecule has 6 heteroatoms. The number of aromatic nitrogens is 1. The molecular weight excluding hydrogens is 246 g/mol. The van der Waals surface area contributed by atoms with E-state index in [0.717, 1.165) is 6.20 Å². The Morgan fingerprint density at radius 3 is 2.69 bits per heavy atom. The molecule has 0 aliphatic rings. The smallest absolute Gasteiger partial charge is 0.281 e. The van der Waals surface area contributed by atoms with Crippen LogP contribution < -0.4 is 0 Å². The molecule has 13 heavy (non-hydrogen) atoms. The van der Waals surface area contributed by atoms with E-state index in [1.165, 1.54) is 0 Å². The summed E-state index contributed by atoms with van der Waals surface area (Å²) in [5.41, 5.74) is -0.778. The van der Waals surface area contributed by atoms with Crippen LogP contribution in [0.1, 0.15) is 17.7 Å². The molecule has 0 aliphatic heterocycles. The number of alkyl halides is 2. The molecule has 0 spiro atoms. The van der Waals surface area contributed by atoms with Gasteiger partial charge in [0.2, 0.25) is 0 Å². The van der Waals surface area contributed by atoms with Crippen LogP contribution in [-0.4, -0.2) is 10.1 Å². The Morgan fingerprint density at radius 2 is 2.23 bits per heavy atom. The maximum absolute atomic E-state index is 12.2. The lowest BCUT2D eigenvalue weighted by Gasteiger charge is -2.04. The number of pyridine rings is 1. The van der Waals surface area contributed by atoms with Gasteiger partial charge in [-0.1, -0.05) is 0 Å². The summed E-state index contributed by atoms with van der Waals surface area (Å²) in [5.74, 6) is -0.418. The van der Waals surface area contributed by atoms with Crippen LogP contribution in [0.2, 0.25) is 0 Å². The van der Waals surface area contributed by atoms with Crippen molar-refractivity contribution in [2.75, 3.05) is 0 Å². The van der Waals surface area contributed by atoms with E-state index >= 15 is 0 Å². The van der Waals surface area contributed by atoms with E-state index in [1.807, 2.05) is 0 Å². The van der Waals surface area contributed by atoms with Crippen molar-refractivity contribution in [2.45, 2.75) is 6.43 Å². The molecule has 1 aromatic heterocycles. The first-order valence-electron chi connectivity index (χ1n) is 3.13. The zero-order chi connectivity index (χ0) is 10.0. The molecule has 3 nitrogen and oxygen atoms in total. The zero-order valence-corrected chi connectivity index (χ0v) is 7.72. The zero-order valence-electron chi connectivity index (χ0n) is 6.13. The van der Waals surface area contributed by atoms with Crippen LogP contribution in [0.5, 0.6) is 5.75 Å². The number of nitriles is 1. The Labute approximate surface area is 80.8 Å². The van der Waals surface area contributed by atoms with Gasteiger partial charge in [0.25, 0.3) is 6.43 Å². The Morgan fingerprint density at radius 1 is 1.62 bits per heavy atom. The molecule has 0 bridgehead atoms. The monoisotopic (exact) mass is 248 g/mol. The predicted molar refractivity (Wildman–Crippen MR) is 43.3 cm³/mol. The van der Waals surface area contributed by atoms with Gasteiger partial charge in [0, 0.05) is 0 Å². The fourth-order valence-electron chi connectivity index (χ4n) is 0.751. The molecule has 1 aromatic rings. The van der Waals surface area contributed by atoms with Crippen molar-refractivity contribution >= 4 is 15.9 Å². The minimum absolute atomic E-state index is 0.162. The summed E-state index contributed by atoms with van der Waals surface area (Å²) < 4.78 is 24.2. The summed E-state index contributed by atoms with van der Waals surface area (Å²) in [7, 11) is 0. The van der Waals surface area contributed by atoms with Crippen molar-refractivity contribution in [2.24, 2.45) is 0 Å². The van der Waals surface area contributed by atoms with E-state index in [4.69, 9.17) is 10.4 Å². The van der Waals surface area contributed by atoms with Crippen molar-refractivity contribution in [3.63, 3.8) is 0 Å².